The number of Topliss-reactive ketones (excluding diaryl/α,β-unsaturated/α-hetero) is 1. The first kappa shape index (κ1) is 10.2. The van der Waals surface area contributed by atoms with Crippen molar-refractivity contribution >= 4 is 5.78 Å². The van der Waals surface area contributed by atoms with Crippen LogP contribution in [0.3, 0.4) is 0 Å². The van der Waals surface area contributed by atoms with E-state index in [9.17, 15) is 4.79 Å². The highest BCUT2D eigenvalue weighted by Gasteiger charge is 2.44. The predicted molar refractivity (Wildman–Crippen MR) is 57.2 cm³/mol. The Morgan fingerprint density at radius 1 is 1.29 bits per heavy atom. The third-order valence-corrected chi connectivity index (χ3v) is 4.20. The lowest BCUT2D eigenvalue weighted by molar-refractivity contribution is -0.136. The number of ketones is 1. The van der Waals surface area contributed by atoms with Crippen LogP contribution < -0.4 is 0 Å². The van der Waals surface area contributed by atoms with Gasteiger partial charge in [-0.3, -0.25) is 9.69 Å². The van der Waals surface area contributed by atoms with Gasteiger partial charge in [-0.15, -0.1) is 0 Å². The van der Waals surface area contributed by atoms with Crippen molar-refractivity contribution in [2.24, 2.45) is 5.92 Å². The highest BCUT2D eigenvalue weighted by atomic mass is 16.1. The molecule has 0 bridgehead atoms. The quantitative estimate of drug-likeness (QED) is 0.591. The lowest BCUT2D eigenvalue weighted by atomic mass is 9.72. The van der Waals surface area contributed by atoms with Crippen molar-refractivity contribution in [1.82, 2.24) is 4.90 Å². The fraction of sp³-hybridized carbons (Fsp3) is 0.917. The van der Waals surface area contributed by atoms with Gasteiger partial charge in [0, 0.05) is 23.9 Å². The molecule has 0 N–H and O–H groups in total. The minimum absolute atomic E-state index is 0.0790. The van der Waals surface area contributed by atoms with Crippen molar-refractivity contribution in [3.8, 4) is 0 Å². The van der Waals surface area contributed by atoms with Crippen LogP contribution in [0.4, 0.5) is 0 Å². The topological polar surface area (TPSA) is 20.3 Å². The Balaban J connectivity index is 2.22. The number of hydrogen-bond acceptors (Lipinski definition) is 2. The average Bonchev–Trinajstić information content (AvgIpc) is 2.14. The van der Waals surface area contributed by atoms with Gasteiger partial charge in [-0.25, -0.2) is 0 Å². The SMILES string of the molecule is CN1C2CCCCC2C(=O)CC1(C)C. The molecule has 1 saturated carbocycles. The van der Waals surface area contributed by atoms with Crippen molar-refractivity contribution in [3.63, 3.8) is 0 Å². The molecule has 2 atom stereocenters. The first-order valence-corrected chi connectivity index (χ1v) is 5.78. The van der Waals surface area contributed by atoms with Crippen molar-refractivity contribution in [2.45, 2.75) is 57.5 Å². The van der Waals surface area contributed by atoms with Crippen molar-refractivity contribution in [2.75, 3.05) is 7.05 Å². The lowest BCUT2D eigenvalue weighted by Crippen LogP contribution is -2.58. The smallest absolute Gasteiger partial charge is 0.139 e. The van der Waals surface area contributed by atoms with Crippen molar-refractivity contribution in [1.29, 1.82) is 0 Å². The Hall–Kier alpha value is -0.370. The van der Waals surface area contributed by atoms with E-state index in [0.29, 0.717) is 17.7 Å². The molecule has 2 nitrogen and oxygen atoms in total. The molecule has 2 aliphatic rings. The second-order valence-corrected chi connectivity index (χ2v) is 5.52. The standard InChI is InChI=1S/C12H21NO/c1-12(2)8-11(14)9-6-4-5-7-10(9)13(12)3/h9-10H,4-8H2,1-3H3. The van der Waals surface area contributed by atoms with Gasteiger partial charge in [-0.1, -0.05) is 12.8 Å². The van der Waals surface area contributed by atoms with E-state index in [1.807, 2.05) is 0 Å². The maximum atomic E-state index is 12.0. The zero-order valence-electron chi connectivity index (χ0n) is 9.55. The Morgan fingerprint density at radius 3 is 2.64 bits per heavy atom. The molecule has 1 aliphatic carbocycles. The second-order valence-electron chi connectivity index (χ2n) is 5.52. The van der Waals surface area contributed by atoms with Crippen LogP contribution in [-0.2, 0) is 4.79 Å². The number of likely N-dealkylation sites (tertiary alicyclic amines) is 1. The molecular weight excluding hydrogens is 174 g/mol. The summed E-state index contributed by atoms with van der Waals surface area (Å²) in [4.78, 5) is 14.4. The van der Waals surface area contributed by atoms with Crippen LogP contribution in [-0.4, -0.2) is 29.3 Å². The Morgan fingerprint density at radius 2 is 1.93 bits per heavy atom. The van der Waals surface area contributed by atoms with Crippen LogP contribution in [0.2, 0.25) is 0 Å². The summed E-state index contributed by atoms with van der Waals surface area (Å²) in [5.74, 6) is 0.861. The molecular formula is C12H21NO. The molecule has 0 spiro atoms. The highest BCUT2D eigenvalue weighted by molar-refractivity contribution is 5.83. The number of nitrogens with zero attached hydrogens (tertiary/aromatic N) is 1. The minimum atomic E-state index is 0.0790. The molecule has 1 saturated heterocycles. The van der Waals surface area contributed by atoms with Gasteiger partial charge < -0.3 is 0 Å². The highest BCUT2D eigenvalue weighted by Crippen LogP contribution is 2.38. The van der Waals surface area contributed by atoms with E-state index >= 15 is 0 Å². The van der Waals surface area contributed by atoms with Crippen LogP contribution in [0.5, 0.6) is 0 Å². The number of fused-ring (bicyclic) bond motifs is 1. The third kappa shape index (κ3) is 1.50. The number of hydrogen-bond donors (Lipinski definition) is 0. The molecule has 14 heavy (non-hydrogen) atoms. The summed E-state index contributed by atoms with van der Waals surface area (Å²) in [5, 5.41) is 0. The molecule has 2 fully saturated rings. The van der Waals surface area contributed by atoms with E-state index in [4.69, 9.17) is 0 Å². The summed E-state index contributed by atoms with van der Waals surface area (Å²) in [7, 11) is 2.19. The predicted octanol–water partition coefficient (Wildman–Crippen LogP) is 2.23. The third-order valence-electron chi connectivity index (χ3n) is 4.20. The zero-order chi connectivity index (χ0) is 10.3. The van der Waals surface area contributed by atoms with E-state index < -0.39 is 0 Å². The molecule has 0 radical (unpaired) electrons. The number of carbonyl (C=O) groups is 1. The fourth-order valence-electron chi connectivity index (χ4n) is 3.08. The lowest BCUT2D eigenvalue weighted by Gasteiger charge is -2.50. The number of carbonyl (C=O) groups excluding carboxylic acids is 1. The van der Waals surface area contributed by atoms with E-state index in [1.165, 1.54) is 19.3 Å². The number of rotatable bonds is 0. The molecule has 0 aromatic carbocycles. The minimum Gasteiger partial charge on any atom is -0.299 e. The Bertz CT molecular complexity index is 247. The van der Waals surface area contributed by atoms with Gasteiger partial charge in [-0.05, 0) is 33.7 Å². The molecule has 0 amide bonds. The van der Waals surface area contributed by atoms with E-state index in [0.717, 1.165) is 12.8 Å². The van der Waals surface area contributed by atoms with E-state index in [2.05, 4.69) is 25.8 Å². The summed E-state index contributed by atoms with van der Waals surface area (Å²) in [6.45, 7) is 4.38. The van der Waals surface area contributed by atoms with Gasteiger partial charge in [0.1, 0.15) is 5.78 Å². The first-order chi connectivity index (χ1) is 6.52. The molecule has 1 heterocycles. The van der Waals surface area contributed by atoms with Gasteiger partial charge >= 0.3 is 0 Å². The maximum Gasteiger partial charge on any atom is 0.139 e. The first-order valence-electron chi connectivity index (χ1n) is 5.78. The van der Waals surface area contributed by atoms with E-state index in [1.54, 1.807) is 0 Å². The average molecular weight is 195 g/mol. The van der Waals surface area contributed by atoms with Gasteiger partial charge in [0.05, 0.1) is 0 Å². The van der Waals surface area contributed by atoms with Crippen molar-refractivity contribution < 1.29 is 4.79 Å². The Kier molecular flexibility index (Phi) is 2.42. The van der Waals surface area contributed by atoms with Crippen LogP contribution in [0.25, 0.3) is 0 Å². The zero-order valence-corrected chi connectivity index (χ0v) is 9.55. The molecule has 80 valence electrons. The molecule has 0 aromatic heterocycles. The summed E-state index contributed by atoms with van der Waals surface area (Å²) in [6.07, 6.45) is 5.64. The molecule has 2 unspecified atom stereocenters. The fourth-order valence-corrected chi connectivity index (χ4v) is 3.08. The monoisotopic (exact) mass is 195 g/mol. The van der Waals surface area contributed by atoms with Gasteiger partial charge in [0.25, 0.3) is 0 Å². The van der Waals surface area contributed by atoms with Gasteiger partial charge in [0.15, 0.2) is 0 Å². The van der Waals surface area contributed by atoms with E-state index in [-0.39, 0.29) is 5.54 Å². The molecule has 0 aromatic rings. The summed E-state index contributed by atoms with van der Waals surface area (Å²) in [6, 6.07) is 0.528. The second kappa shape index (κ2) is 3.34. The van der Waals surface area contributed by atoms with Crippen LogP contribution in [0.15, 0.2) is 0 Å². The molecule has 2 heteroatoms. The largest absolute Gasteiger partial charge is 0.299 e. The van der Waals surface area contributed by atoms with Crippen LogP contribution in [0, 0.1) is 5.92 Å². The molecule has 1 aliphatic heterocycles. The normalized spacial score (nSPS) is 38.1. The van der Waals surface area contributed by atoms with Crippen LogP contribution >= 0.6 is 0 Å². The summed E-state index contributed by atoms with van der Waals surface area (Å²) in [5.41, 5.74) is 0.0790. The summed E-state index contributed by atoms with van der Waals surface area (Å²) >= 11 is 0. The van der Waals surface area contributed by atoms with Gasteiger partial charge in [0.2, 0.25) is 0 Å². The van der Waals surface area contributed by atoms with Crippen molar-refractivity contribution in [3.05, 3.63) is 0 Å². The number of piperidine rings is 1. The Labute approximate surface area is 86.7 Å². The summed E-state index contributed by atoms with van der Waals surface area (Å²) < 4.78 is 0. The van der Waals surface area contributed by atoms with Gasteiger partial charge in [-0.2, -0.15) is 0 Å². The maximum absolute atomic E-state index is 12.0. The van der Waals surface area contributed by atoms with Crippen LogP contribution in [0.1, 0.15) is 46.0 Å². The molecule has 2 rings (SSSR count).